The van der Waals surface area contributed by atoms with Crippen molar-refractivity contribution < 1.29 is 12.8 Å². The maximum Gasteiger partial charge on any atom is 0.268 e. The number of halogens is 1. The Labute approximate surface area is 157 Å². The summed E-state index contributed by atoms with van der Waals surface area (Å²) in [6, 6.07) is 21.5. The maximum atomic E-state index is 13.2. The number of rotatable bonds is 4. The van der Waals surface area contributed by atoms with E-state index in [0.717, 1.165) is 10.9 Å². The van der Waals surface area contributed by atoms with Crippen molar-refractivity contribution in [2.24, 2.45) is 0 Å². The number of hydrogen-bond donors (Lipinski definition) is 0. The molecule has 0 atom stereocenters. The fraction of sp³-hybridized carbons (Fsp3) is 0. The van der Waals surface area contributed by atoms with Crippen LogP contribution in [0.3, 0.4) is 0 Å². The predicted octanol–water partition coefficient (Wildman–Crippen LogP) is 5.08. The summed E-state index contributed by atoms with van der Waals surface area (Å²) >= 11 is 0. The zero-order valence-corrected chi connectivity index (χ0v) is 15.2. The van der Waals surface area contributed by atoms with Crippen LogP contribution in [-0.4, -0.2) is 12.4 Å². The number of benzene rings is 3. The normalized spacial score (nSPS) is 11.6. The summed E-state index contributed by atoms with van der Waals surface area (Å²) in [6.45, 7) is 4.11. The lowest BCUT2D eigenvalue weighted by molar-refractivity contribution is 0.589. The summed E-state index contributed by atoms with van der Waals surface area (Å²) < 4.78 is 40.8. The SMILES string of the molecule is C=C(c1ccc(F)cc1)c1cn(S(=O)(=O)c2ccccc2)c2ccccc12. The molecular weight excluding hydrogens is 361 g/mol. The molecule has 5 heteroatoms. The molecule has 0 spiro atoms. The van der Waals surface area contributed by atoms with Crippen molar-refractivity contribution in [3.05, 3.63) is 109 Å². The lowest BCUT2D eigenvalue weighted by Crippen LogP contribution is -2.11. The highest BCUT2D eigenvalue weighted by Crippen LogP contribution is 2.32. The molecule has 134 valence electrons. The molecule has 3 nitrogen and oxygen atoms in total. The van der Waals surface area contributed by atoms with Crippen LogP contribution >= 0.6 is 0 Å². The van der Waals surface area contributed by atoms with E-state index >= 15 is 0 Å². The molecule has 1 aromatic heterocycles. The maximum absolute atomic E-state index is 13.2. The van der Waals surface area contributed by atoms with Crippen molar-refractivity contribution in [1.29, 1.82) is 0 Å². The van der Waals surface area contributed by atoms with Gasteiger partial charge in [-0.15, -0.1) is 0 Å². The number of fused-ring (bicyclic) bond motifs is 1. The summed E-state index contributed by atoms with van der Waals surface area (Å²) in [5.41, 5.74) is 2.63. The summed E-state index contributed by atoms with van der Waals surface area (Å²) in [5.74, 6) is -0.333. The van der Waals surface area contributed by atoms with Gasteiger partial charge in [0.05, 0.1) is 10.4 Å². The summed E-state index contributed by atoms with van der Waals surface area (Å²) in [5, 5.41) is 0.770. The lowest BCUT2D eigenvalue weighted by Gasteiger charge is -2.07. The van der Waals surface area contributed by atoms with Gasteiger partial charge >= 0.3 is 0 Å². The highest BCUT2D eigenvalue weighted by molar-refractivity contribution is 7.90. The molecule has 0 aliphatic heterocycles. The quantitative estimate of drug-likeness (QED) is 0.498. The van der Waals surface area contributed by atoms with E-state index in [1.807, 2.05) is 12.1 Å². The van der Waals surface area contributed by atoms with Crippen molar-refractivity contribution in [2.45, 2.75) is 4.90 Å². The Balaban J connectivity index is 1.92. The summed E-state index contributed by atoms with van der Waals surface area (Å²) in [7, 11) is -3.75. The largest absolute Gasteiger partial charge is 0.268 e. The Morgan fingerprint density at radius 1 is 0.852 bits per heavy atom. The van der Waals surface area contributed by atoms with Crippen molar-refractivity contribution >= 4 is 26.5 Å². The van der Waals surface area contributed by atoms with Crippen LogP contribution in [0.4, 0.5) is 4.39 Å². The zero-order valence-electron chi connectivity index (χ0n) is 14.3. The van der Waals surface area contributed by atoms with Crippen LogP contribution in [0.1, 0.15) is 11.1 Å². The van der Waals surface area contributed by atoms with Gasteiger partial charge in [0, 0.05) is 17.1 Å². The number of aromatic nitrogens is 1. The molecule has 4 aromatic rings. The topological polar surface area (TPSA) is 39.1 Å². The first-order valence-corrected chi connectivity index (χ1v) is 9.78. The van der Waals surface area contributed by atoms with Gasteiger partial charge in [0.15, 0.2) is 0 Å². The molecule has 0 fully saturated rings. The Bertz CT molecular complexity index is 1240. The van der Waals surface area contributed by atoms with Gasteiger partial charge in [-0.05, 0) is 41.5 Å². The second-order valence-electron chi connectivity index (χ2n) is 6.16. The number of para-hydroxylation sites is 1. The van der Waals surface area contributed by atoms with Crippen molar-refractivity contribution in [1.82, 2.24) is 3.97 Å². The number of nitrogens with zero attached hydrogens (tertiary/aromatic N) is 1. The summed E-state index contributed by atoms with van der Waals surface area (Å²) in [4.78, 5) is 0.213. The van der Waals surface area contributed by atoms with E-state index in [4.69, 9.17) is 0 Å². The molecule has 27 heavy (non-hydrogen) atoms. The molecule has 0 bridgehead atoms. The minimum atomic E-state index is -3.75. The van der Waals surface area contributed by atoms with Crippen molar-refractivity contribution in [3.63, 3.8) is 0 Å². The van der Waals surface area contributed by atoms with Crippen LogP contribution in [0.2, 0.25) is 0 Å². The van der Waals surface area contributed by atoms with Crippen LogP contribution in [0.25, 0.3) is 16.5 Å². The van der Waals surface area contributed by atoms with E-state index in [-0.39, 0.29) is 10.7 Å². The van der Waals surface area contributed by atoms with Crippen LogP contribution in [-0.2, 0) is 10.0 Å². The molecule has 0 saturated heterocycles. The van der Waals surface area contributed by atoms with Crippen LogP contribution in [0.15, 0.2) is 96.5 Å². The van der Waals surface area contributed by atoms with Crippen LogP contribution in [0.5, 0.6) is 0 Å². The van der Waals surface area contributed by atoms with Gasteiger partial charge in [-0.2, -0.15) is 0 Å². The third kappa shape index (κ3) is 2.96. The highest BCUT2D eigenvalue weighted by atomic mass is 32.2. The highest BCUT2D eigenvalue weighted by Gasteiger charge is 2.22. The molecule has 0 radical (unpaired) electrons. The third-order valence-electron chi connectivity index (χ3n) is 4.50. The van der Waals surface area contributed by atoms with Crippen LogP contribution < -0.4 is 0 Å². The van der Waals surface area contributed by atoms with E-state index < -0.39 is 10.0 Å². The summed E-state index contributed by atoms with van der Waals surface area (Å²) in [6.07, 6.45) is 1.58. The molecule has 0 aliphatic rings. The van der Waals surface area contributed by atoms with Gasteiger partial charge in [-0.25, -0.2) is 16.8 Å². The molecular formula is C22H16FNO2S. The van der Waals surface area contributed by atoms with Crippen LogP contribution in [0, 0.1) is 5.82 Å². The Morgan fingerprint density at radius 3 is 2.19 bits per heavy atom. The van der Waals surface area contributed by atoms with E-state index in [2.05, 4.69) is 6.58 Å². The van der Waals surface area contributed by atoms with Crippen molar-refractivity contribution in [2.75, 3.05) is 0 Å². The first-order chi connectivity index (χ1) is 13.0. The van der Waals surface area contributed by atoms with Gasteiger partial charge in [-0.1, -0.05) is 55.1 Å². The van der Waals surface area contributed by atoms with E-state index in [0.29, 0.717) is 16.7 Å². The average Bonchev–Trinajstić information content (AvgIpc) is 3.09. The number of hydrogen-bond acceptors (Lipinski definition) is 2. The zero-order chi connectivity index (χ0) is 19.0. The molecule has 0 unspecified atom stereocenters. The van der Waals surface area contributed by atoms with Gasteiger partial charge < -0.3 is 0 Å². The monoisotopic (exact) mass is 377 g/mol. The minimum Gasteiger partial charge on any atom is -0.241 e. The van der Waals surface area contributed by atoms with E-state index in [9.17, 15) is 12.8 Å². The second-order valence-corrected chi connectivity index (χ2v) is 7.97. The van der Waals surface area contributed by atoms with Gasteiger partial charge in [0.1, 0.15) is 5.82 Å². The molecule has 4 rings (SSSR count). The van der Waals surface area contributed by atoms with Gasteiger partial charge in [0.25, 0.3) is 10.0 Å². The van der Waals surface area contributed by atoms with E-state index in [1.165, 1.54) is 16.1 Å². The second kappa shape index (κ2) is 6.52. The lowest BCUT2D eigenvalue weighted by atomic mass is 9.99. The average molecular weight is 377 g/mol. The smallest absolute Gasteiger partial charge is 0.241 e. The fourth-order valence-electron chi connectivity index (χ4n) is 3.10. The molecule has 0 N–H and O–H groups in total. The van der Waals surface area contributed by atoms with Gasteiger partial charge in [0.2, 0.25) is 0 Å². The standard InChI is InChI=1S/C22H16FNO2S/c1-16(17-11-13-18(23)14-12-17)21-15-24(22-10-6-5-9-20(21)22)27(25,26)19-7-3-2-4-8-19/h2-15H,1H2. The fourth-order valence-corrected chi connectivity index (χ4v) is 4.49. The third-order valence-corrected chi connectivity index (χ3v) is 6.18. The molecule has 3 aromatic carbocycles. The first kappa shape index (κ1) is 17.2. The molecule has 0 amide bonds. The predicted molar refractivity (Wildman–Crippen MR) is 105 cm³/mol. The minimum absolute atomic E-state index is 0.213. The Hall–Kier alpha value is -3.18. The molecule has 0 aliphatic carbocycles. The van der Waals surface area contributed by atoms with Gasteiger partial charge in [-0.3, -0.25) is 0 Å². The first-order valence-electron chi connectivity index (χ1n) is 8.34. The van der Waals surface area contributed by atoms with E-state index in [1.54, 1.807) is 60.8 Å². The Kier molecular flexibility index (Phi) is 4.16. The van der Waals surface area contributed by atoms with Crippen molar-refractivity contribution in [3.8, 4) is 0 Å². The molecule has 0 saturated carbocycles. The Morgan fingerprint density at radius 2 is 1.48 bits per heavy atom. The molecule has 1 heterocycles.